The number of rotatable bonds is 4. The number of nitrogens with two attached hydrogens (primary N) is 1. The van der Waals surface area contributed by atoms with Gasteiger partial charge in [0.05, 0.1) is 0 Å². The van der Waals surface area contributed by atoms with Crippen molar-refractivity contribution in [2.45, 2.75) is 45.6 Å². The molecule has 0 spiro atoms. The molecule has 0 saturated carbocycles. The van der Waals surface area contributed by atoms with E-state index in [1.54, 1.807) is 0 Å². The molecule has 110 valence electrons. The van der Waals surface area contributed by atoms with Crippen LogP contribution in [0.25, 0.3) is 0 Å². The van der Waals surface area contributed by atoms with E-state index in [-0.39, 0.29) is 17.9 Å². The maximum Gasteiger partial charge on any atom is 0.244 e. The number of carbonyl (C=O) groups is 1. The number of nitrogens with one attached hydrogen (secondary N) is 1. The number of nitrogen functional groups attached to an aromatic ring is 1. The van der Waals surface area contributed by atoms with E-state index >= 15 is 0 Å². The topological polar surface area (TPSA) is 84.1 Å². The molecule has 1 unspecified atom stereocenters. The van der Waals surface area contributed by atoms with Crippen LogP contribution in [0.1, 0.15) is 45.1 Å². The van der Waals surface area contributed by atoms with Gasteiger partial charge in [-0.25, -0.2) is 9.97 Å². The van der Waals surface area contributed by atoms with Crippen molar-refractivity contribution in [3.05, 3.63) is 11.9 Å². The summed E-state index contributed by atoms with van der Waals surface area (Å²) in [5.41, 5.74) is 6.78. The molecule has 1 fully saturated rings. The van der Waals surface area contributed by atoms with Crippen LogP contribution in [-0.4, -0.2) is 39.9 Å². The van der Waals surface area contributed by atoms with Crippen molar-refractivity contribution in [3.8, 4) is 0 Å². The molecule has 0 radical (unpaired) electrons. The summed E-state index contributed by atoms with van der Waals surface area (Å²) in [6, 6.07) is -0.306. The van der Waals surface area contributed by atoms with Crippen LogP contribution in [0.3, 0.4) is 0 Å². The molecule has 6 nitrogen and oxygen atoms in total. The molecule has 0 bridgehead atoms. The number of hydrogen-bond acceptors (Lipinski definition) is 5. The molecular formula is C14H23N5O. The Hall–Kier alpha value is -1.85. The Kier molecular flexibility index (Phi) is 4.42. The van der Waals surface area contributed by atoms with Crippen LogP contribution in [-0.2, 0) is 4.79 Å². The van der Waals surface area contributed by atoms with E-state index in [1.165, 1.54) is 6.33 Å². The van der Waals surface area contributed by atoms with Gasteiger partial charge in [0.25, 0.3) is 0 Å². The second-order valence-corrected chi connectivity index (χ2v) is 5.57. The van der Waals surface area contributed by atoms with Crippen molar-refractivity contribution < 1.29 is 4.79 Å². The molecule has 2 heterocycles. The molecule has 1 aromatic heterocycles. The first-order chi connectivity index (χ1) is 9.50. The molecule has 20 heavy (non-hydrogen) atoms. The second-order valence-electron chi connectivity index (χ2n) is 5.57. The van der Waals surface area contributed by atoms with Gasteiger partial charge in [-0.1, -0.05) is 13.8 Å². The number of likely N-dealkylation sites (tertiary alicyclic amines) is 1. The predicted octanol–water partition coefficient (Wildman–Crippen LogP) is 1.60. The molecule has 0 aliphatic carbocycles. The summed E-state index contributed by atoms with van der Waals surface area (Å²) in [7, 11) is 0. The van der Waals surface area contributed by atoms with Gasteiger partial charge in [0.2, 0.25) is 5.91 Å². The van der Waals surface area contributed by atoms with E-state index < -0.39 is 0 Å². The average Bonchev–Trinajstić information content (AvgIpc) is 2.91. The molecule has 2 rings (SSSR count). The van der Waals surface area contributed by atoms with Gasteiger partial charge in [0.15, 0.2) is 0 Å². The molecular weight excluding hydrogens is 254 g/mol. The van der Waals surface area contributed by atoms with Crippen molar-refractivity contribution in [3.63, 3.8) is 0 Å². The Balaban J connectivity index is 2.13. The molecule has 6 heteroatoms. The van der Waals surface area contributed by atoms with Crippen LogP contribution < -0.4 is 11.1 Å². The van der Waals surface area contributed by atoms with E-state index in [9.17, 15) is 4.79 Å². The zero-order chi connectivity index (χ0) is 14.7. The van der Waals surface area contributed by atoms with E-state index in [1.807, 2.05) is 25.7 Å². The average molecular weight is 277 g/mol. The van der Waals surface area contributed by atoms with E-state index in [0.29, 0.717) is 11.6 Å². The van der Waals surface area contributed by atoms with Crippen LogP contribution in [0.4, 0.5) is 11.6 Å². The zero-order valence-electron chi connectivity index (χ0n) is 12.4. The van der Waals surface area contributed by atoms with Gasteiger partial charge in [-0.3, -0.25) is 4.79 Å². The Bertz CT molecular complexity index is 482. The summed E-state index contributed by atoms with van der Waals surface area (Å²) in [5.74, 6) is 1.45. The van der Waals surface area contributed by atoms with Crippen molar-refractivity contribution in [1.82, 2.24) is 14.9 Å². The Morgan fingerprint density at radius 3 is 2.55 bits per heavy atom. The molecule has 1 amide bonds. The summed E-state index contributed by atoms with van der Waals surface area (Å²) < 4.78 is 0. The smallest absolute Gasteiger partial charge is 0.244 e. The van der Waals surface area contributed by atoms with E-state index in [0.717, 1.165) is 31.5 Å². The van der Waals surface area contributed by atoms with E-state index in [4.69, 9.17) is 5.73 Å². The second kappa shape index (κ2) is 6.07. The van der Waals surface area contributed by atoms with Gasteiger partial charge < -0.3 is 16.0 Å². The number of carbonyl (C=O) groups excluding carboxylic acids is 1. The Morgan fingerprint density at radius 2 is 1.95 bits per heavy atom. The fraction of sp³-hybridized carbons (Fsp3) is 0.643. The highest BCUT2D eigenvalue weighted by atomic mass is 16.2. The molecule has 1 aromatic rings. The maximum absolute atomic E-state index is 12.3. The number of nitrogens with zero attached hydrogens (tertiary/aromatic N) is 3. The Labute approximate surface area is 119 Å². The monoisotopic (exact) mass is 277 g/mol. The maximum atomic E-state index is 12.3. The highest BCUT2D eigenvalue weighted by molar-refractivity contribution is 5.84. The summed E-state index contributed by atoms with van der Waals surface area (Å²) in [5, 5.41) is 3.19. The third-order valence-electron chi connectivity index (χ3n) is 3.63. The van der Waals surface area contributed by atoms with Gasteiger partial charge >= 0.3 is 0 Å². The third-order valence-corrected chi connectivity index (χ3v) is 3.63. The molecule has 3 N–H and O–H groups in total. The molecule has 1 aliphatic rings. The van der Waals surface area contributed by atoms with Gasteiger partial charge in [-0.05, 0) is 25.7 Å². The van der Waals surface area contributed by atoms with Crippen molar-refractivity contribution in [1.29, 1.82) is 0 Å². The summed E-state index contributed by atoms with van der Waals surface area (Å²) in [6.45, 7) is 7.64. The summed E-state index contributed by atoms with van der Waals surface area (Å²) in [4.78, 5) is 22.5. The Morgan fingerprint density at radius 1 is 1.30 bits per heavy atom. The predicted molar refractivity (Wildman–Crippen MR) is 79.4 cm³/mol. The largest absolute Gasteiger partial charge is 0.383 e. The molecule has 0 aromatic carbocycles. The van der Waals surface area contributed by atoms with Gasteiger partial charge in [0, 0.05) is 18.7 Å². The summed E-state index contributed by atoms with van der Waals surface area (Å²) in [6.07, 6.45) is 3.61. The van der Waals surface area contributed by atoms with Crippen molar-refractivity contribution >= 4 is 17.5 Å². The number of hydrogen-bond donors (Lipinski definition) is 2. The first kappa shape index (κ1) is 14.6. The first-order valence-electron chi connectivity index (χ1n) is 7.16. The lowest BCUT2D eigenvalue weighted by atomic mass is 10.0. The lowest BCUT2D eigenvalue weighted by Gasteiger charge is -2.23. The van der Waals surface area contributed by atoms with Crippen LogP contribution in [0.15, 0.2) is 6.33 Å². The minimum absolute atomic E-state index is 0.120. The lowest BCUT2D eigenvalue weighted by Crippen LogP contribution is -2.40. The highest BCUT2D eigenvalue weighted by Gasteiger charge is 2.24. The minimum Gasteiger partial charge on any atom is -0.383 e. The normalized spacial score (nSPS) is 16.5. The van der Waals surface area contributed by atoms with Crippen LogP contribution in [0, 0.1) is 0 Å². The van der Waals surface area contributed by atoms with Gasteiger partial charge in [-0.15, -0.1) is 0 Å². The van der Waals surface area contributed by atoms with Crippen molar-refractivity contribution in [2.24, 2.45) is 0 Å². The zero-order valence-corrected chi connectivity index (χ0v) is 12.4. The summed E-state index contributed by atoms with van der Waals surface area (Å²) >= 11 is 0. The molecule has 1 atom stereocenters. The standard InChI is InChI=1S/C14H23N5O/c1-9(2)11-12(15)16-8-17-13(11)18-10(3)14(20)19-6-4-5-7-19/h8-10H,4-7H2,1-3H3,(H3,15,16,17,18). The van der Waals surface area contributed by atoms with Crippen molar-refractivity contribution in [2.75, 3.05) is 24.1 Å². The van der Waals surface area contributed by atoms with Crippen LogP contribution in [0.2, 0.25) is 0 Å². The highest BCUT2D eigenvalue weighted by Crippen LogP contribution is 2.26. The number of anilines is 2. The quantitative estimate of drug-likeness (QED) is 0.873. The third kappa shape index (κ3) is 3.00. The number of aromatic nitrogens is 2. The minimum atomic E-state index is -0.306. The van der Waals surface area contributed by atoms with Gasteiger partial charge in [-0.2, -0.15) is 0 Å². The molecule has 1 saturated heterocycles. The first-order valence-corrected chi connectivity index (χ1v) is 7.16. The van der Waals surface area contributed by atoms with Gasteiger partial charge in [0.1, 0.15) is 24.0 Å². The fourth-order valence-electron chi connectivity index (χ4n) is 2.57. The fourth-order valence-corrected chi connectivity index (χ4v) is 2.57. The number of amides is 1. The van der Waals surface area contributed by atoms with E-state index in [2.05, 4.69) is 15.3 Å². The SMILES string of the molecule is CC(Nc1ncnc(N)c1C(C)C)C(=O)N1CCCC1. The van der Waals surface area contributed by atoms with Crippen LogP contribution in [0.5, 0.6) is 0 Å². The molecule has 1 aliphatic heterocycles. The van der Waals surface area contributed by atoms with Crippen LogP contribution >= 0.6 is 0 Å². The lowest BCUT2D eigenvalue weighted by molar-refractivity contribution is -0.130.